The van der Waals surface area contributed by atoms with Crippen molar-refractivity contribution in [3.63, 3.8) is 0 Å². The summed E-state index contributed by atoms with van der Waals surface area (Å²) in [5.41, 5.74) is 6.51. The Morgan fingerprint density at radius 2 is 1.56 bits per heavy atom. The average molecular weight is 487 g/mol. The van der Waals surface area contributed by atoms with Crippen LogP contribution in [0.5, 0.6) is 0 Å². The summed E-state index contributed by atoms with van der Waals surface area (Å²) in [6, 6.07) is 4.22. The van der Waals surface area contributed by atoms with E-state index in [4.69, 9.17) is 10.8 Å². The van der Waals surface area contributed by atoms with E-state index in [1.54, 1.807) is 30.3 Å². The largest absolute Gasteiger partial charge is 0.480 e. The summed E-state index contributed by atoms with van der Waals surface area (Å²) in [7, 11) is 0. The number of thioether (sulfide) groups is 1. The van der Waals surface area contributed by atoms with E-state index in [-0.39, 0.29) is 12.2 Å². The van der Waals surface area contributed by atoms with Crippen molar-refractivity contribution in [1.29, 1.82) is 0 Å². The number of aliphatic hydroxyl groups excluding tert-OH is 1. The normalized spacial score (nSPS) is 14.5. The van der Waals surface area contributed by atoms with Crippen molar-refractivity contribution in [1.82, 2.24) is 16.0 Å². The van der Waals surface area contributed by atoms with Gasteiger partial charge in [0.1, 0.15) is 18.1 Å². The molecule has 1 aromatic carbocycles. The van der Waals surface area contributed by atoms with Crippen LogP contribution in [0.3, 0.4) is 0 Å². The molecule has 0 saturated heterocycles. The van der Waals surface area contributed by atoms with Gasteiger partial charge in [-0.25, -0.2) is 4.79 Å². The number of nitrogens with one attached hydrogen (secondary N) is 3. The smallest absolute Gasteiger partial charge is 0.327 e. The highest BCUT2D eigenvalue weighted by Gasteiger charge is 2.29. The molecule has 0 spiro atoms. The summed E-state index contributed by atoms with van der Waals surface area (Å²) < 4.78 is 0. The van der Waals surface area contributed by atoms with E-state index in [1.165, 1.54) is 11.8 Å². The number of carbonyl (C=O) groups excluding carboxylic acids is 3. The van der Waals surface area contributed by atoms with Gasteiger partial charge in [-0.2, -0.15) is 24.4 Å². The molecule has 0 fully saturated rings. The monoisotopic (exact) mass is 486 g/mol. The van der Waals surface area contributed by atoms with Gasteiger partial charge in [-0.3, -0.25) is 14.4 Å². The van der Waals surface area contributed by atoms with Crippen LogP contribution in [-0.2, 0) is 25.6 Å². The van der Waals surface area contributed by atoms with E-state index in [0.717, 1.165) is 5.56 Å². The van der Waals surface area contributed by atoms with E-state index in [2.05, 4.69) is 28.6 Å². The second-order valence-corrected chi connectivity index (χ2v) is 8.32. The number of carboxylic acids is 1. The molecule has 0 aliphatic rings. The molecule has 3 amide bonds. The Morgan fingerprint density at radius 1 is 1.00 bits per heavy atom. The summed E-state index contributed by atoms with van der Waals surface area (Å²) in [6.45, 7) is -0.707. The molecule has 32 heavy (non-hydrogen) atoms. The molecule has 10 nitrogen and oxygen atoms in total. The summed E-state index contributed by atoms with van der Waals surface area (Å²) in [6.07, 6.45) is 2.33. The Kier molecular flexibility index (Phi) is 12.8. The van der Waals surface area contributed by atoms with Crippen molar-refractivity contribution in [2.75, 3.05) is 24.4 Å². The second kappa shape index (κ2) is 14.7. The van der Waals surface area contributed by atoms with Gasteiger partial charge in [0, 0.05) is 12.2 Å². The zero-order valence-electron chi connectivity index (χ0n) is 17.7. The van der Waals surface area contributed by atoms with Gasteiger partial charge in [0.25, 0.3) is 0 Å². The van der Waals surface area contributed by atoms with Gasteiger partial charge in [0.05, 0.1) is 12.6 Å². The van der Waals surface area contributed by atoms with Crippen molar-refractivity contribution in [2.45, 2.75) is 37.0 Å². The number of carbonyl (C=O) groups is 4. The second-order valence-electron chi connectivity index (χ2n) is 6.96. The van der Waals surface area contributed by atoms with E-state index >= 15 is 0 Å². The van der Waals surface area contributed by atoms with Crippen LogP contribution in [0.15, 0.2) is 30.3 Å². The molecule has 0 bridgehead atoms. The van der Waals surface area contributed by atoms with Crippen LogP contribution in [0.2, 0.25) is 0 Å². The van der Waals surface area contributed by atoms with E-state index < -0.39 is 54.5 Å². The minimum Gasteiger partial charge on any atom is -0.480 e. The molecule has 178 valence electrons. The lowest BCUT2D eigenvalue weighted by Gasteiger charge is -2.24. The molecule has 0 heterocycles. The fraction of sp³-hybridized carbons (Fsp3) is 0.500. The lowest BCUT2D eigenvalue weighted by atomic mass is 10.0. The highest BCUT2D eigenvalue weighted by Crippen LogP contribution is 2.05. The Balaban J connectivity index is 2.93. The molecule has 0 radical (unpaired) electrons. The number of hydrogen-bond donors (Lipinski definition) is 7. The number of carboxylic acid groups (broad SMARTS) is 1. The highest BCUT2D eigenvalue weighted by molar-refractivity contribution is 7.98. The third-order valence-electron chi connectivity index (χ3n) is 4.50. The molecule has 0 aliphatic carbocycles. The number of benzene rings is 1. The summed E-state index contributed by atoms with van der Waals surface area (Å²) in [5.74, 6) is -2.89. The Morgan fingerprint density at radius 3 is 2.09 bits per heavy atom. The molecule has 1 rings (SSSR count). The standard InChI is InChI=1S/C20H30N4O6S2/c1-32-8-7-13(21)17(26)23-15(10-25)19(28)22-14(9-12-5-3-2-4-6-12)18(27)24-16(11-31)20(29)30/h2-6,13-16,25,31H,7-11,21H2,1H3,(H,22,28)(H,23,26)(H,24,27)(H,29,30). The van der Waals surface area contributed by atoms with Gasteiger partial charge in [0.15, 0.2) is 0 Å². The molecule has 7 N–H and O–H groups in total. The SMILES string of the molecule is CSCCC(N)C(=O)NC(CO)C(=O)NC(Cc1ccccc1)C(=O)NC(CS)C(=O)O. The number of thiol groups is 1. The van der Waals surface area contributed by atoms with Gasteiger partial charge >= 0.3 is 5.97 Å². The van der Waals surface area contributed by atoms with Crippen LogP contribution in [0.25, 0.3) is 0 Å². The van der Waals surface area contributed by atoms with Crippen LogP contribution in [0.1, 0.15) is 12.0 Å². The zero-order valence-corrected chi connectivity index (χ0v) is 19.4. The van der Waals surface area contributed by atoms with E-state index in [0.29, 0.717) is 12.2 Å². The number of rotatable bonds is 14. The first-order valence-electron chi connectivity index (χ1n) is 9.87. The molecule has 0 aromatic heterocycles. The molecule has 12 heteroatoms. The summed E-state index contributed by atoms with van der Waals surface area (Å²) >= 11 is 5.44. The summed E-state index contributed by atoms with van der Waals surface area (Å²) in [5, 5.41) is 26.0. The van der Waals surface area contributed by atoms with Crippen LogP contribution in [0, 0.1) is 0 Å². The van der Waals surface area contributed by atoms with Crippen molar-refractivity contribution in [3.05, 3.63) is 35.9 Å². The lowest BCUT2D eigenvalue weighted by molar-refractivity contribution is -0.141. The highest BCUT2D eigenvalue weighted by atomic mass is 32.2. The number of amides is 3. The van der Waals surface area contributed by atoms with Crippen molar-refractivity contribution in [3.8, 4) is 0 Å². The van der Waals surface area contributed by atoms with Crippen LogP contribution < -0.4 is 21.7 Å². The predicted molar refractivity (Wildman–Crippen MR) is 125 cm³/mol. The molecule has 1 aromatic rings. The van der Waals surface area contributed by atoms with Gasteiger partial charge in [-0.15, -0.1) is 0 Å². The predicted octanol–water partition coefficient (Wildman–Crippen LogP) is -1.23. The first-order chi connectivity index (χ1) is 15.2. The third kappa shape index (κ3) is 9.47. The number of aliphatic hydroxyl groups is 1. The molecular weight excluding hydrogens is 456 g/mol. The first-order valence-corrected chi connectivity index (χ1v) is 11.9. The minimum atomic E-state index is -1.32. The molecule has 4 unspecified atom stereocenters. The number of nitrogens with two attached hydrogens (primary N) is 1. The van der Waals surface area contributed by atoms with Crippen molar-refractivity contribution < 1.29 is 29.4 Å². The molecular formula is C20H30N4O6S2. The van der Waals surface area contributed by atoms with Gasteiger partial charge in [-0.1, -0.05) is 30.3 Å². The van der Waals surface area contributed by atoms with Gasteiger partial charge in [0.2, 0.25) is 17.7 Å². The van der Waals surface area contributed by atoms with E-state index in [9.17, 15) is 24.3 Å². The molecule has 0 saturated carbocycles. The Bertz CT molecular complexity index is 768. The number of hydrogen-bond acceptors (Lipinski definition) is 8. The van der Waals surface area contributed by atoms with Gasteiger partial charge < -0.3 is 31.9 Å². The molecule has 4 atom stereocenters. The van der Waals surface area contributed by atoms with E-state index in [1.807, 2.05) is 6.26 Å². The topological polar surface area (TPSA) is 171 Å². The summed E-state index contributed by atoms with van der Waals surface area (Å²) in [4.78, 5) is 48.9. The Hall–Kier alpha value is -2.28. The maximum Gasteiger partial charge on any atom is 0.327 e. The van der Waals surface area contributed by atoms with Crippen LogP contribution in [-0.4, -0.2) is 82.4 Å². The maximum absolute atomic E-state index is 12.7. The van der Waals surface area contributed by atoms with Crippen LogP contribution in [0.4, 0.5) is 0 Å². The van der Waals surface area contributed by atoms with Crippen LogP contribution >= 0.6 is 24.4 Å². The molecule has 0 aliphatic heterocycles. The fourth-order valence-corrected chi connectivity index (χ4v) is 3.38. The minimum absolute atomic E-state index is 0.0661. The van der Waals surface area contributed by atoms with Gasteiger partial charge in [-0.05, 0) is 24.0 Å². The quantitative estimate of drug-likeness (QED) is 0.160. The Labute approximate surface area is 196 Å². The number of aliphatic carboxylic acids is 1. The third-order valence-corrected chi connectivity index (χ3v) is 5.51. The average Bonchev–Trinajstić information content (AvgIpc) is 2.78. The lowest BCUT2D eigenvalue weighted by Crippen LogP contribution is -2.58. The van der Waals surface area contributed by atoms with Crippen molar-refractivity contribution >= 4 is 48.1 Å². The van der Waals surface area contributed by atoms with Crippen molar-refractivity contribution in [2.24, 2.45) is 5.73 Å². The zero-order chi connectivity index (χ0) is 24.1. The first kappa shape index (κ1) is 27.8. The fourth-order valence-electron chi connectivity index (χ4n) is 2.64. The maximum atomic E-state index is 12.7.